The van der Waals surface area contributed by atoms with Crippen LogP contribution in [0.5, 0.6) is 0 Å². The third kappa shape index (κ3) is 5.20. The van der Waals surface area contributed by atoms with Gasteiger partial charge in [-0.15, -0.1) is 0 Å². The van der Waals surface area contributed by atoms with Crippen LogP contribution in [0, 0.1) is 3.57 Å². The molecule has 1 aromatic heterocycles. The Hall–Kier alpha value is -3.31. The van der Waals surface area contributed by atoms with E-state index in [-0.39, 0.29) is 0 Å². The molecule has 1 aliphatic heterocycles. The first-order chi connectivity index (χ1) is 16.3. The van der Waals surface area contributed by atoms with Crippen LogP contribution >= 0.6 is 22.6 Å². The zero-order valence-electron chi connectivity index (χ0n) is 17.8. The number of anilines is 4. The molecule has 3 aromatic carbocycles. The van der Waals surface area contributed by atoms with Crippen LogP contribution in [0.3, 0.4) is 0 Å². The van der Waals surface area contributed by atoms with E-state index in [9.17, 15) is 0 Å². The highest BCUT2D eigenvalue weighted by atomic mass is 127. The van der Waals surface area contributed by atoms with Crippen molar-refractivity contribution < 1.29 is 4.74 Å². The lowest BCUT2D eigenvalue weighted by molar-refractivity contribution is 0.122. The summed E-state index contributed by atoms with van der Waals surface area (Å²) in [6.07, 6.45) is 1.76. The summed E-state index contributed by atoms with van der Waals surface area (Å²) in [5.74, 6) is 1.41. The van der Waals surface area contributed by atoms with Crippen molar-refractivity contribution in [1.29, 1.82) is 0 Å². The van der Waals surface area contributed by atoms with Gasteiger partial charge in [-0.1, -0.05) is 54.6 Å². The molecule has 8 nitrogen and oxygen atoms in total. The number of hydrogen-bond donors (Lipinski definition) is 2. The van der Waals surface area contributed by atoms with Gasteiger partial charge in [0, 0.05) is 33.3 Å². The van der Waals surface area contributed by atoms with Gasteiger partial charge in [-0.25, -0.2) is 5.43 Å². The highest BCUT2D eigenvalue weighted by Gasteiger charge is 2.17. The van der Waals surface area contributed by atoms with E-state index in [1.807, 2.05) is 48.5 Å². The molecule has 2 N–H and O–H groups in total. The molecule has 33 heavy (non-hydrogen) atoms. The van der Waals surface area contributed by atoms with Crippen molar-refractivity contribution in [2.24, 2.45) is 5.10 Å². The maximum atomic E-state index is 5.48. The summed E-state index contributed by atoms with van der Waals surface area (Å²) in [5.41, 5.74) is 4.92. The number of nitrogens with zero attached hydrogens (tertiary/aromatic N) is 5. The normalized spacial score (nSPS) is 14.0. The number of nitrogens with one attached hydrogen (secondary N) is 2. The third-order valence-electron chi connectivity index (χ3n) is 5.23. The molecule has 1 saturated heterocycles. The van der Waals surface area contributed by atoms with Crippen LogP contribution in [-0.4, -0.2) is 47.5 Å². The summed E-state index contributed by atoms with van der Waals surface area (Å²) in [4.78, 5) is 15.9. The number of morpholine rings is 1. The van der Waals surface area contributed by atoms with Gasteiger partial charge in [0.25, 0.3) is 0 Å². The highest BCUT2D eigenvalue weighted by molar-refractivity contribution is 14.1. The quantitative estimate of drug-likeness (QED) is 0.205. The van der Waals surface area contributed by atoms with Crippen molar-refractivity contribution in [2.45, 2.75) is 0 Å². The Bertz CT molecular complexity index is 1290. The summed E-state index contributed by atoms with van der Waals surface area (Å²) in [7, 11) is 0. The molecule has 0 unspecified atom stereocenters. The molecule has 9 heteroatoms. The van der Waals surface area contributed by atoms with Crippen LogP contribution in [-0.2, 0) is 4.74 Å². The Kier molecular flexibility index (Phi) is 6.58. The molecule has 166 valence electrons. The minimum absolute atomic E-state index is 0.372. The number of hydrazone groups is 1. The smallest absolute Gasteiger partial charge is 0.250 e. The van der Waals surface area contributed by atoms with E-state index in [2.05, 4.69) is 76.5 Å². The SMILES string of the molecule is Ic1ccccc1/C=N/Nc1nc(Nc2cccc3ccccc23)nc(N2CCOCC2)n1. The summed E-state index contributed by atoms with van der Waals surface area (Å²) < 4.78 is 6.60. The summed E-state index contributed by atoms with van der Waals surface area (Å²) in [6, 6.07) is 22.3. The van der Waals surface area contributed by atoms with Gasteiger partial charge in [-0.2, -0.15) is 20.1 Å². The zero-order valence-corrected chi connectivity index (χ0v) is 19.9. The third-order valence-corrected chi connectivity index (χ3v) is 6.21. The Morgan fingerprint density at radius 3 is 2.52 bits per heavy atom. The number of fused-ring (bicyclic) bond motifs is 1. The lowest BCUT2D eigenvalue weighted by Crippen LogP contribution is -2.37. The van der Waals surface area contributed by atoms with Gasteiger partial charge in [-0.05, 0) is 40.1 Å². The largest absolute Gasteiger partial charge is 0.378 e. The lowest BCUT2D eigenvalue weighted by Gasteiger charge is -2.27. The molecule has 0 spiro atoms. The molecule has 1 aliphatic rings. The molecule has 1 fully saturated rings. The second kappa shape index (κ2) is 10.1. The predicted octanol–water partition coefficient (Wildman–Crippen LogP) is 4.66. The van der Waals surface area contributed by atoms with Crippen molar-refractivity contribution in [1.82, 2.24) is 15.0 Å². The van der Waals surface area contributed by atoms with Crippen molar-refractivity contribution in [2.75, 3.05) is 41.9 Å². The zero-order chi connectivity index (χ0) is 22.5. The lowest BCUT2D eigenvalue weighted by atomic mass is 10.1. The minimum Gasteiger partial charge on any atom is -0.378 e. The molecule has 0 bridgehead atoms. The van der Waals surface area contributed by atoms with E-state index in [4.69, 9.17) is 4.74 Å². The topological polar surface area (TPSA) is 87.6 Å². The first-order valence-corrected chi connectivity index (χ1v) is 11.7. The number of halogens is 1. The molecule has 2 heterocycles. The summed E-state index contributed by atoms with van der Waals surface area (Å²) >= 11 is 2.29. The fourth-order valence-corrected chi connectivity index (χ4v) is 4.10. The molecule has 5 rings (SSSR count). The maximum Gasteiger partial charge on any atom is 0.250 e. The number of benzene rings is 3. The van der Waals surface area contributed by atoms with Gasteiger partial charge in [-0.3, -0.25) is 0 Å². The molecular formula is C24H22IN7O. The monoisotopic (exact) mass is 551 g/mol. The second-order valence-corrected chi connectivity index (χ2v) is 8.59. The van der Waals surface area contributed by atoms with E-state index >= 15 is 0 Å². The van der Waals surface area contributed by atoms with E-state index in [1.165, 1.54) is 0 Å². The fraction of sp³-hybridized carbons (Fsp3) is 0.167. The van der Waals surface area contributed by atoms with Crippen molar-refractivity contribution in [3.05, 3.63) is 75.9 Å². The van der Waals surface area contributed by atoms with Crippen LogP contribution in [0.1, 0.15) is 5.56 Å². The molecule has 0 atom stereocenters. The van der Waals surface area contributed by atoms with Crippen LogP contribution < -0.4 is 15.6 Å². The van der Waals surface area contributed by atoms with Gasteiger partial charge in [0.2, 0.25) is 17.8 Å². The molecule has 0 amide bonds. The molecule has 0 radical (unpaired) electrons. The number of aromatic nitrogens is 3. The summed E-state index contributed by atoms with van der Waals surface area (Å²) in [6.45, 7) is 2.74. The summed E-state index contributed by atoms with van der Waals surface area (Å²) in [5, 5.41) is 9.96. The van der Waals surface area contributed by atoms with Gasteiger partial charge < -0.3 is 15.0 Å². The Morgan fingerprint density at radius 1 is 0.879 bits per heavy atom. The molecule has 0 saturated carbocycles. The number of rotatable bonds is 6. The molecular weight excluding hydrogens is 529 g/mol. The molecule has 0 aliphatic carbocycles. The van der Waals surface area contributed by atoms with Gasteiger partial charge in [0.1, 0.15) is 0 Å². The molecule has 4 aromatic rings. The van der Waals surface area contributed by atoms with Crippen LogP contribution in [0.25, 0.3) is 10.8 Å². The van der Waals surface area contributed by atoms with E-state index in [0.717, 1.165) is 38.7 Å². The Balaban J connectivity index is 1.45. The van der Waals surface area contributed by atoms with Crippen LogP contribution in [0.2, 0.25) is 0 Å². The Labute approximate surface area is 205 Å². The van der Waals surface area contributed by atoms with Gasteiger partial charge in [0.15, 0.2) is 0 Å². The van der Waals surface area contributed by atoms with Gasteiger partial charge in [0.05, 0.1) is 19.4 Å². The average molecular weight is 551 g/mol. The first kappa shape index (κ1) is 21.5. The average Bonchev–Trinajstić information content (AvgIpc) is 2.86. The van der Waals surface area contributed by atoms with Crippen molar-refractivity contribution in [3.63, 3.8) is 0 Å². The first-order valence-electron chi connectivity index (χ1n) is 10.6. The highest BCUT2D eigenvalue weighted by Crippen LogP contribution is 2.26. The van der Waals surface area contributed by atoms with Crippen LogP contribution in [0.15, 0.2) is 71.8 Å². The minimum atomic E-state index is 0.372. The maximum absolute atomic E-state index is 5.48. The van der Waals surface area contributed by atoms with Gasteiger partial charge >= 0.3 is 0 Å². The van der Waals surface area contributed by atoms with E-state index < -0.39 is 0 Å². The second-order valence-electron chi connectivity index (χ2n) is 7.43. The predicted molar refractivity (Wildman–Crippen MR) is 140 cm³/mol. The van der Waals surface area contributed by atoms with Crippen molar-refractivity contribution >= 4 is 63.1 Å². The number of ether oxygens (including phenoxy) is 1. The van der Waals surface area contributed by atoms with Crippen LogP contribution in [0.4, 0.5) is 23.5 Å². The fourth-order valence-electron chi connectivity index (χ4n) is 3.57. The van der Waals surface area contributed by atoms with E-state index in [0.29, 0.717) is 31.1 Å². The number of hydrogen-bond acceptors (Lipinski definition) is 8. The van der Waals surface area contributed by atoms with E-state index in [1.54, 1.807) is 6.21 Å². The Morgan fingerprint density at radius 2 is 1.64 bits per heavy atom. The standard InChI is InChI=1S/C24H22IN7O/c25-20-10-4-2-7-18(20)16-26-31-23-28-22(29-24(30-23)32-12-14-33-15-13-32)27-21-11-5-8-17-6-1-3-9-19(17)21/h1-11,16H,12-15H2,(H2,27,28,29,30,31)/b26-16+. The van der Waals surface area contributed by atoms with Crippen molar-refractivity contribution in [3.8, 4) is 0 Å².